The molecule has 2 heteroatoms. The first-order valence-corrected chi connectivity index (χ1v) is 6.51. The van der Waals surface area contributed by atoms with Crippen molar-refractivity contribution in [2.75, 3.05) is 27.2 Å². The summed E-state index contributed by atoms with van der Waals surface area (Å²) in [6, 6.07) is 9.50. The fraction of sp³-hybridized carbons (Fsp3) is 0.600. The van der Waals surface area contributed by atoms with Crippen molar-refractivity contribution in [3.63, 3.8) is 0 Å². The van der Waals surface area contributed by atoms with Gasteiger partial charge < -0.3 is 5.32 Å². The predicted octanol–water partition coefficient (Wildman–Crippen LogP) is 3.02. The summed E-state index contributed by atoms with van der Waals surface area (Å²) in [5, 5.41) is 3.19. The second kappa shape index (κ2) is 6.77. The number of nitrogens with zero attached hydrogens (tertiary/aromatic N) is 1. The highest BCUT2D eigenvalue weighted by molar-refractivity contribution is 5.26. The van der Waals surface area contributed by atoms with Crippen molar-refractivity contribution in [3.05, 3.63) is 35.4 Å². The van der Waals surface area contributed by atoms with Crippen molar-refractivity contribution >= 4 is 0 Å². The molecule has 0 bridgehead atoms. The van der Waals surface area contributed by atoms with Gasteiger partial charge in [0.05, 0.1) is 0 Å². The van der Waals surface area contributed by atoms with Gasteiger partial charge in [0, 0.05) is 19.1 Å². The van der Waals surface area contributed by atoms with E-state index in [9.17, 15) is 0 Å². The number of hydrogen-bond acceptors (Lipinski definition) is 2. The average molecular weight is 234 g/mol. The standard InChI is InChI=1S/C15H26N2/c1-12(2)14-6-8-15(9-7-14)13(3)17(5)11-10-16-4/h6-9,12-13,16H,10-11H2,1-5H3. The maximum atomic E-state index is 3.19. The summed E-state index contributed by atoms with van der Waals surface area (Å²) in [4.78, 5) is 2.38. The maximum absolute atomic E-state index is 3.19. The molecule has 0 amide bonds. The van der Waals surface area contributed by atoms with Gasteiger partial charge in [-0.3, -0.25) is 4.90 Å². The summed E-state index contributed by atoms with van der Waals surface area (Å²) in [5.74, 6) is 0.612. The van der Waals surface area contributed by atoms with Gasteiger partial charge in [-0.05, 0) is 38.1 Å². The second-order valence-corrected chi connectivity index (χ2v) is 5.08. The Morgan fingerprint density at radius 1 is 1.06 bits per heavy atom. The molecule has 0 spiro atoms. The monoisotopic (exact) mass is 234 g/mol. The summed E-state index contributed by atoms with van der Waals surface area (Å²) in [7, 11) is 4.17. The molecule has 1 N–H and O–H groups in total. The van der Waals surface area contributed by atoms with Crippen molar-refractivity contribution in [1.82, 2.24) is 10.2 Å². The molecular formula is C15H26N2. The lowest BCUT2D eigenvalue weighted by atomic mass is 9.99. The van der Waals surface area contributed by atoms with Crippen LogP contribution in [0.1, 0.15) is 43.9 Å². The van der Waals surface area contributed by atoms with Crippen LogP contribution in [0.25, 0.3) is 0 Å². The van der Waals surface area contributed by atoms with Crippen LogP contribution in [-0.4, -0.2) is 32.1 Å². The van der Waals surface area contributed by atoms with Gasteiger partial charge in [0.25, 0.3) is 0 Å². The van der Waals surface area contributed by atoms with Gasteiger partial charge in [-0.15, -0.1) is 0 Å². The molecule has 96 valence electrons. The van der Waals surface area contributed by atoms with Crippen molar-refractivity contribution in [1.29, 1.82) is 0 Å². The minimum absolute atomic E-state index is 0.476. The number of likely N-dealkylation sites (N-methyl/N-ethyl adjacent to an activating group) is 2. The molecule has 2 nitrogen and oxygen atoms in total. The molecular weight excluding hydrogens is 208 g/mol. The van der Waals surface area contributed by atoms with E-state index in [1.807, 2.05) is 7.05 Å². The van der Waals surface area contributed by atoms with Crippen LogP contribution < -0.4 is 5.32 Å². The molecule has 0 aromatic heterocycles. The van der Waals surface area contributed by atoms with Crippen molar-refractivity contribution in [3.8, 4) is 0 Å². The van der Waals surface area contributed by atoms with Crippen LogP contribution in [0, 0.1) is 0 Å². The van der Waals surface area contributed by atoms with Gasteiger partial charge in [-0.25, -0.2) is 0 Å². The lowest BCUT2D eigenvalue weighted by molar-refractivity contribution is 0.263. The summed E-state index contributed by atoms with van der Waals surface area (Å²) in [5.41, 5.74) is 2.81. The van der Waals surface area contributed by atoms with Crippen LogP contribution in [0.15, 0.2) is 24.3 Å². The molecule has 1 aromatic carbocycles. The Morgan fingerprint density at radius 3 is 2.06 bits per heavy atom. The zero-order chi connectivity index (χ0) is 12.8. The van der Waals surface area contributed by atoms with E-state index >= 15 is 0 Å². The van der Waals surface area contributed by atoms with Gasteiger partial charge >= 0.3 is 0 Å². The summed E-state index contributed by atoms with van der Waals surface area (Å²) in [6.45, 7) is 8.84. The Hall–Kier alpha value is -0.860. The van der Waals surface area contributed by atoms with E-state index in [1.165, 1.54) is 11.1 Å². The molecule has 1 atom stereocenters. The zero-order valence-electron chi connectivity index (χ0n) is 11.8. The third-order valence-corrected chi connectivity index (χ3v) is 3.46. The van der Waals surface area contributed by atoms with Gasteiger partial charge in [-0.2, -0.15) is 0 Å². The molecule has 0 saturated heterocycles. The highest BCUT2D eigenvalue weighted by atomic mass is 15.1. The van der Waals surface area contributed by atoms with E-state index in [2.05, 4.69) is 62.3 Å². The number of rotatable bonds is 6. The van der Waals surface area contributed by atoms with Gasteiger partial charge in [-0.1, -0.05) is 38.1 Å². The quantitative estimate of drug-likeness (QED) is 0.814. The number of hydrogen-bond donors (Lipinski definition) is 1. The van der Waals surface area contributed by atoms with E-state index in [0.717, 1.165) is 13.1 Å². The lowest BCUT2D eigenvalue weighted by Crippen LogP contribution is -2.29. The van der Waals surface area contributed by atoms with Crippen LogP contribution in [0.5, 0.6) is 0 Å². The van der Waals surface area contributed by atoms with Gasteiger partial charge in [0.15, 0.2) is 0 Å². The Kier molecular flexibility index (Phi) is 5.66. The normalized spacial score (nSPS) is 13.4. The van der Waals surface area contributed by atoms with E-state index in [1.54, 1.807) is 0 Å². The van der Waals surface area contributed by atoms with E-state index < -0.39 is 0 Å². The molecule has 1 unspecified atom stereocenters. The van der Waals surface area contributed by atoms with Gasteiger partial charge in [0.1, 0.15) is 0 Å². The van der Waals surface area contributed by atoms with Crippen LogP contribution >= 0.6 is 0 Å². The van der Waals surface area contributed by atoms with E-state index in [0.29, 0.717) is 12.0 Å². The third-order valence-electron chi connectivity index (χ3n) is 3.46. The molecule has 0 heterocycles. The lowest BCUT2D eigenvalue weighted by Gasteiger charge is -2.25. The van der Waals surface area contributed by atoms with Gasteiger partial charge in [0.2, 0.25) is 0 Å². The van der Waals surface area contributed by atoms with Crippen LogP contribution in [0.2, 0.25) is 0 Å². The third kappa shape index (κ3) is 4.14. The molecule has 0 aliphatic carbocycles. The Morgan fingerprint density at radius 2 is 1.59 bits per heavy atom. The fourth-order valence-corrected chi connectivity index (χ4v) is 1.90. The maximum Gasteiger partial charge on any atom is 0.0317 e. The highest BCUT2D eigenvalue weighted by Gasteiger charge is 2.11. The molecule has 0 radical (unpaired) electrons. The smallest absolute Gasteiger partial charge is 0.0317 e. The van der Waals surface area contributed by atoms with Crippen LogP contribution in [0.3, 0.4) is 0 Å². The Labute approximate surface area is 106 Å². The largest absolute Gasteiger partial charge is 0.318 e. The summed E-state index contributed by atoms with van der Waals surface area (Å²) >= 11 is 0. The summed E-state index contributed by atoms with van der Waals surface area (Å²) < 4.78 is 0. The molecule has 17 heavy (non-hydrogen) atoms. The number of benzene rings is 1. The molecule has 0 aliphatic rings. The zero-order valence-corrected chi connectivity index (χ0v) is 11.8. The average Bonchev–Trinajstić information content (AvgIpc) is 2.35. The molecule has 0 aliphatic heterocycles. The molecule has 0 saturated carbocycles. The fourth-order valence-electron chi connectivity index (χ4n) is 1.90. The van der Waals surface area contributed by atoms with Crippen molar-refractivity contribution in [2.45, 2.75) is 32.7 Å². The SMILES string of the molecule is CNCCN(C)C(C)c1ccc(C(C)C)cc1. The minimum Gasteiger partial charge on any atom is -0.318 e. The molecule has 1 rings (SSSR count). The Bertz CT molecular complexity index is 316. The summed E-state index contributed by atoms with van der Waals surface area (Å²) in [6.07, 6.45) is 0. The first-order chi connectivity index (χ1) is 8.06. The minimum atomic E-state index is 0.476. The van der Waals surface area contributed by atoms with Crippen molar-refractivity contribution < 1.29 is 0 Å². The van der Waals surface area contributed by atoms with Crippen LogP contribution in [-0.2, 0) is 0 Å². The molecule has 0 fully saturated rings. The Balaban J connectivity index is 2.65. The topological polar surface area (TPSA) is 15.3 Å². The highest BCUT2D eigenvalue weighted by Crippen LogP contribution is 2.21. The number of nitrogens with one attached hydrogen (secondary N) is 1. The van der Waals surface area contributed by atoms with Crippen molar-refractivity contribution in [2.24, 2.45) is 0 Å². The molecule has 1 aromatic rings. The van der Waals surface area contributed by atoms with E-state index in [-0.39, 0.29) is 0 Å². The first kappa shape index (κ1) is 14.2. The predicted molar refractivity (Wildman–Crippen MR) is 75.5 cm³/mol. The first-order valence-electron chi connectivity index (χ1n) is 6.51. The van der Waals surface area contributed by atoms with E-state index in [4.69, 9.17) is 0 Å². The van der Waals surface area contributed by atoms with Crippen LogP contribution in [0.4, 0.5) is 0 Å². The second-order valence-electron chi connectivity index (χ2n) is 5.08.